The summed E-state index contributed by atoms with van der Waals surface area (Å²) in [6, 6.07) is 0.685. The number of hydrogen-bond donors (Lipinski definition) is 2. The number of likely N-dealkylation sites (tertiary alicyclic amines) is 1. The second kappa shape index (κ2) is 5.99. The molecule has 2 aliphatic rings. The van der Waals surface area contributed by atoms with E-state index in [0.29, 0.717) is 18.6 Å². The lowest BCUT2D eigenvalue weighted by Gasteiger charge is -2.33. The number of nitrogens with zero attached hydrogens (tertiary/aromatic N) is 1. The third kappa shape index (κ3) is 4.04. The smallest absolute Gasteiger partial charge is 0.0468 e. The van der Waals surface area contributed by atoms with E-state index in [-0.39, 0.29) is 0 Å². The van der Waals surface area contributed by atoms with Gasteiger partial charge in [-0.25, -0.2) is 0 Å². The van der Waals surface area contributed by atoms with Crippen molar-refractivity contribution in [1.29, 1.82) is 0 Å². The molecule has 0 bridgehead atoms. The molecule has 1 atom stereocenters. The Hall–Kier alpha value is -0.120. The minimum Gasteiger partial charge on any atom is -0.396 e. The molecule has 16 heavy (non-hydrogen) atoms. The number of aliphatic hydroxyl groups excluding tert-OH is 1. The summed E-state index contributed by atoms with van der Waals surface area (Å²) in [4.78, 5) is 2.63. The molecule has 2 N–H and O–H groups in total. The molecule has 0 aromatic carbocycles. The van der Waals surface area contributed by atoms with Crippen molar-refractivity contribution >= 4 is 0 Å². The van der Waals surface area contributed by atoms with Crippen LogP contribution in [0.5, 0.6) is 0 Å². The molecule has 1 unspecified atom stereocenters. The zero-order chi connectivity index (χ0) is 11.4. The number of nitrogens with one attached hydrogen (secondary N) is 1. The van der Waals surface area contributed by atoms with Crippen LogP contribution in [0.25, 0.3) is 0 Å². The molecule has 0 radical (unpaired) electrons. The van der Waals surface area contributed by atoms with Crippen LogP contribution in [-0.4, -0.2) is 48.8 Å². The van der Waals surface area contributed by atoms with Gasteiger partial charge in [-0.05, 0) is 50.6 Å². The first-order chi connectivity index (χ1) is 7.78. The fourth-order valence-corrected chi connectivity index (χ4v) is 2.42. The van der Waals surface area contributed by atoms with Gasteiger partial charge >= 0.3 is 0 Å². The van der Waals surface area contributed by atoms with E-state index >= 15 is 0 Å². The fraction of sp³-hybridized carbons (Fsp3) is 1.00. The molecule has 94 valence electrons. The van der Waals surface area contributed by atoms with Crippen molar-refractivity contribution in [2.45, 2.75) is 38.6 Å². The van der Waals surface area contributed by atoms with Crippen molar-refractivity contribution in [3.05, 3.63) is 0 Å². The van der Waals surface area contributed by atoms with Crippen LogP contribution in [0, 0.1) is 11.8 Å². The van der Waals surface area contributed by atoms with E-state index in [2.05, 4.69) is 17.1 Å². The Labute approximate surface area is 99.2 Å². The number of piperidine rings is 1. The normalized spacial score (nSPS) is 25.9. The van der Waals surface area contributed by atoms with Gasteiger partial charge in [0.2, 0.25) is 0 Å². The van der Waals surface area contributed by atoms with Gasteiger partial charge in [0.25, 0.3) is 0 Å². The quantitative estimate of drug-likeness (QED) is 0.711. The Morgan fingerprint density at radius 1 is 1.25 bits per heavy atom. The summed E-state index contributed by atoms with van der Waals surface area (Å²) in [6.07, 6.45) is 5.49. The topological polar surface area (TPSA) is 35.5 Å². The zero-order valence-corrected chi connectivity index (χ0v) is 10.5. The van der Waals surface area contributed by atoms with Gasteiger partial charge in [0.15, 0.2) is 0 Å². The molecule has 1 aliphatic heterocycles. The van der Waals surface area contributed by atoms with Crippen molar-refractivity contribution in [1.82, 2.24) is 10.2 Å². The molecule has 1 saturated carbocycles. The highest BCUT2D eigenvalue weighted by atomic mass is 16.3. The van der Waals surface area contributed by atoms with Crippen LogP contribution >= 0.6 is 0 Å². The van der Waals surface area contributed by atoms with Crippen molar-refractivity contribution in [2.24, 2.45) is 11.8 Å². The SMILES string of the molecule is CC(CO)CNC1CCN(CC2CC2)CC1. The predicted octanol–water partition coefficient (Wildman–Crippen LogP) is 1.08. The molecule has 1 aliphatic carbocycles. The minimum atomic E-state index is 0.299. The highest BCUT2D eigenvalue weighted by molar-refractivity contribution is 4.82. The highest BCUT2D eigenvalue weighted by Crippen LogP contribution is 2.30. The molecule has 3 nitrogen and oxygen atoms in total. The average molecular weight is 226 g/mol. The van der Waals surface area contributed by atoms with Crippen molar-refractivity contribution in [2.75, 3.05) is 32.8 Å². The Morgan fingerprint density at radius 3 is 2.50 bits per heavy atom. The Morgan fingerprint density at radius 2 is 1.94 bits per heavy atom. The van der Waals surface area contributed by atoms with Crippen molar-refractivity contribution in [3.63, 3.8) is 0 Å². The first kappa shape index (κ1) is 12.3. The van der Waals surface area contributed by atoms with Crippen LogP contribution in [0.1, 0.15) is 32.6 Å². The minimum absolute atomic E-state index is 0.299. The van der Waals surface area contributed by atoms with Crippen molar-refractivity contribution in [3.8, 4) is 0 Å². The van der Waals surface area contributed by atoms with Crippen LogP contribution in [0.15, 0.2) is 0 Å². The van der Waals surface area contributed by atoms with E-state index in [1.807, 2.05) is 0 Å². The van der Waals surface area contributed by atoms with Crippen LogP contribution in [-0.2, 0) is 0 Å². The Kier molecular flexibility index (Phi) is 4.62. The van der Waals surface area contributed by atoms with E-state index in [4.69, 9.17) is 5.11 Å². The van der Waals surface area contributed by atoms with Gasteiger partial charge in [0.05, 0.1) is 0 Å². The molecule has 1 saturated heterocycles. The summed E-state index contributed by atoms with van der Waals surface area (Å²) in [5.41, 5.74) is 0. The van der Waals surface area contributed by atoms with E-state index < -0.39 is 0 Å². The third-order valence-corrected chi connectivity index (χ3v) is 3.87. The van der Waals surface area contributed by atoms with Gasteiger partial charge < -0.3 is 15.3 Å². The second-order valence-electron chi connectivity index (χ2n) is 5.71. The van der Waals surface area contributed by atoms with Gasteiger partial charge in [-0.2, -0.15) is 0 Å². The molecule has 0 amide bonds. The molecule has 1 heterocycles. The van der Waals surface area contributed by atoms with Crippen LogP contribution in [0.4, 0.5) is 0 Å². The number of rotatable bonds is 6. The maximum absolute atomic E-state index is 8.96. The maximum atomic E-state index is 8.96. The Bertz CT molecular complexity index is 198. The summed E-state index contributed by atoms with van der Waals surface area (Å²) in [7, 11) is 0. The lowest BCUT2D eigenvalue weighted by molar-refractivity contribution is 0.180. The van der Waals surface area contributed by atoms with Gasteiger partial charge in [-0.3, -0.25) is 0 Å². The maximum Gasteiger partial charge on any atom is 0.0468 e. The Balaban J connectivity index is 1.57. The number of hydrogen-bond acceptors (Lipinski definition) is 3. The first-order valence-corrected chi connectivity index (χ1v) is 6.84. The second-order valence-corrected chi connectivity index (χ2v) is 5.71. The number of aliphatic hydroxyl groups is 1. The summed E-state index contributed by atoms with van der Waals surface area (Å²) in [6.45, 7) is 7.23. The molecule has 3 heteroatoms. The monoisotopic (exact) mass is 226 g/mol. The van der Waals surface area contributed by atoms with Gasteiger partial charge in [0, 0.05) is 25.7 Å². The van der Waals surface area contributed by atoms with E-state index in [1.165, 1.54) is 45.3 Å². The van der Waals surface area contributed by atoms with E-state index in [9.17, 15) is 0 Å². The lowest BCUT2D eigenvalue weighted by atomic mass is 10.0. The zero-order valence-electron chi connectivity index (χ0n) is 10.5. The molecule has 2 rings (SSSR count). The van der Waals surface area contributed by atoms with Gasteiger partial charge in [0.1, 0.15) is 0 Å². The molecular weight excluding hydrogens is 200 g/mol. The third-order valence-electron chi connectivity index (χ3n) is 3.87. The molecule has 0 aromatic rings. The summed E-state index contributed by atoms with van der Waals surface area (Å²) in [5, 5.41) is 12.5. The lowest BCUT2D eigenvalue weighted by Crippen LogP contribution is -2.44. The van der Waals surface area contributed by atoms with Crippen LogP contribution in [0.2, 0.25) is 0 Å². The van der Waals surface area contributed by atoms with Crippen LogP contribution < -0.4 is 5.32 Å². The standard InChI is InChI=1S/C13H26N2O/c1-11(10-16)8-14-13-4-6-15(7-5-13)9-12-2-3-12/h11-14,16H,2-10H2,1H3. The van der Waals surface area contributed by atoms with E-state index in [1.54, 1.807) is 0 Å². The fourth-order valence-electron chi connectivity index (χ4n) is 2.42. The first-order valence-electron chi connectivity index (χ1n) is 6.84. The summed E-state index contributed by atoms with van der Waals surface area (Å²) in [5.74, 6) is 1.42. The van der Waals surface area contributed by atoms with E-state index in [0.717, 1.165) is 12.5 Å². The largest absolute Gasteiger partial charge is 0.396 e. The van der Waals surface area contributed by atoms with Gasteiger partial charge in [-0.1, -0.05) is 6.92 Å². The molecule has 2 fully saturated rings. The van der Waals surface area contributed by atoms with Crippen molar-refractivity contribution < 1.29 is 5.11 Å². The molecule has 0 aromatic heterocycles. The summed E-state index contributed by atoms with van der Waals surface area (Å²) < 4.78 is 0. The molecule has 0 spiro atoms. The van der Waals surface area contributed by atoms with Gasteiger partial charge in [-0.15, -0.1) is 0 Å². The summed E-state index contributed by atoms with van der Waals surface area (Å²) >= 11 is 0. The predicted molar refractivity (Wildman–Crippen MR) is 66.4 cm³/mol. The average Bonchev–Trinajstić information content (AvgIpc) is 3.11. The van der Waals surface area contributed by atoms with Crippen LogP contribution in [0.3, 0.4) is 0 Å². The molecular formula is C13H26N2O. The highest BCUT2D eigenvalue weighted by Gasteiger charge is 2.26.